The molecule has 6 heteroatoms. The zero-order valence-corrected chi connectivity index (χ0v) is 13.1. The second-order valence-electron chi connectivity index (χ2n) is 5.60. The number of hydrogen-bond donors (Lipinski definition) is 0. The van der Waals surface area contributed by atoms with E-state index in [1.165, 1.54) is 6.07 Å². The van der Waals surface area contributed by atoms with E-state index in [4.69, 9.17) is 4.74 Å². The molecule has 0 aromatic heterocycles. The van der Waals surface area contributed by atoms with Gasteiger partial charge in [0.05, 0.1) is 12.2 Å². The first-order valence-corrected chi connectivity index (χ1v) is 7.75. The zero-order chi connectivity index (χ0) is 16.8. The number of ether oxygens (including phenoxy) is 2. The Morgan fingerprint density at radius 3 is 2.61 bits per heavy atom. The van der Waals surface area contributed by atoms with Crippen molar-refractivity contribution in [2.75, 3.05) is 19.8 Å². The van der Waals surface area contributed by atoms with Crippen LogP contribution in [0, 0.1) is 17.6 Å². The molecule has 0 atom stereocenters. The smallest absolute Gasteiger partial charge is 0.313 e. The predicted octanol–water partition coefficient (Wildman–Crippen LogP) is 3.07. The molecule has 1 heterocycles. The minimum Gasteiger partial charge on any atom is -0.466 e. The van der Waals surface area contributed by atoms with Crippen LogP contribution in [-0.2, 0) is 20.7 Å². The van der Waals surface area contributed by atoms with Gasteiger partial charge in [0.2, 0.25) is 0 Å². The van der Waals surface area contributed by atoms with Gasteiger partial charge in [-0.15, -0.1) is 0 Å². The summed E-state index contributed by atoms with van der Waals surface area (Å²) in [7, 11) is 0. The topological polar surface area (TPSA) is 52.6 Å². The third-order valence-corrected chi connectivity index (χ3v) is 3.86. The van der Waals surface area contributed by atoms with Crippen molar-refractivity contribution in [2.24, 2.45) is 5.92 Å². The van der Waals surface area contributed by atoms with E-state index in [0.717, 1.165) is 18.9 Å². The number of carbonyl (C=O) groups is 2. The van der Waals surface area contributed by atoms with E-state index in [9.17, 15) is 18.4 Å². The molecule has 0 saturated carbocycles. The molecule has 23 heavy (non-hydrogen) atoms. The number of ketones is 1. The molecule has 1 fully saturated rings. The average molecular weight is 326 g/mol. The van der Waals surface area contributed by atoms with Crippen molar-refractivity contribution in [3.8, 4) is 0 Å². The van der Waals surface area contributed by atoms with Crippen LogP contribution in [0.1, 0.15) is 42.1 Å². The summed E-state index contributed by atoms with van der Waals surface area (Å²) < 4.78 is 37.6. The van der Waals surface area contributed by atoms with Gasteiger partial charge in [0, 0.05) is 13.2 Å². The van der Waals surface area contributed by atoms with E-state index < -0.39 is 29.8 Å². The minimum atomic E-state index is -1.21. The molecule has 126 valence electrons. The van der Waals surface area contributed by atoms with Gasteiger partial charge < -0.3 is 9.47 Å². The van der Waals surface area contributed by atoms with Gasteiger partial charge in [-0.2, -0.15) is 0 Å². The number of benzene rings is 1. The molecule has 4 nitrogen and oxygen atoms in total. The maximum absolute atomic E-state index is 13.9. The fourth-order valence-corrected chi connectivity index (χ4v) is 2.69. The van der Waals surface area contributed by atoms with Gasteiger partial charge in [0.25, 0.3) is 0 Å². The van der Waals surface area contributed by atoms with E-state index in [1.54, 1.807) is 6.92 Å². The SMILES string of the molecule is CCOC(=O)CC(=O)c1cc(CC2CCOCC2)cc(F)c1F. The number of hydrogen-bond acceptors (Lipinski definition) is 4. The number of Topliss-reactive ketones (excluding diaryl/α,β-unsaturated/α-hetero) is 1. The van der Waals surface area contributed by atoms with Crippen molar-refractivity contribution in [1.82, 2.24) is 0 Å². The second kappa shape index (κ2) is 8.15. The fourth-order valence-electron chi connectivity index (χ4n) is 2.69. The molecule has 1 saturated heterocycles. The van der Waals surface area contributed by atoms with Crippen LogP contribution in [0.3, 0.4) is 0 Å². The quantitative estimate of drug-likeness (QED) is 0.458. The molecule has 0 N–H and O–H groups in total. The van der Waals surface area contributed by atoms with Crippen molar-refractivity contribution in [1.29, 1.82) is 0 Å². The third-order valence-electron chi connectivity index (χ3n) is 3.86. The molecule has 2 rings (SSSR count). The van der Waals surface area contributed by atoms with Crippen LogP contribution in [-0.4, -0.2) is 31.6 Å². The zero-order valence-electron chi connectivity index (χ0n) is 13.1. The second-order valence-corrected chi connectivity index (χ2v) is 5.60. The molecule has 0 radical (unpaired) electrons. The Labute approximate surface area is 133 Å². The predicted molar refractivity (Wildman–Crippen MR) is 79.2 cm³/mol. The van der Waals surface area contributed by atoms with Gasteiger partial charge in [-0.05, 0) is 49.8 Å². The van der Waals surface area contributed by atoms with Crippen molar-refractivity contribution in [3.05, 3.63) is 34.9 Å². The normalized spacial score (nSPS) is 15.4. The van der Waals surface area contributed by atoms with Gasteiger partial charge in [0.15, 0.2) is 17.4 Å². The lowest BCUT2D eigenvalue weighted by atomic mass is 9.91. The Hall–Kier alpha value is -1.82. The highest BCUT2D eigenvalue weighted by Crippen LogP contribution is 2.23. The molecule has 0 amide bonds. The van der Waals surface area contributed by atoms with Crippen LogP contribution in [0.4, 0.5) is 8.78 Å². The van der Waals surface area contributed by atoms with E-state index in [-0.39, 0.29) is 12.2 Å². The number of esters is 1. The molecular weight excluding hydrogens is 306 g/mol. The lowest BCUT2D eigenvalue weighted by Crippen LogP contribution is -2.18. The molecule has 1 aliphatic rings. The Kier molecular flexibility index (Phi) is 6.21. The molecule has 0 aliphatic carbocycles. The van der Waals surface area contributed by atoms with E-state index >= 15 is 0 Å². The van der Waals surface area contributed by atoms with E-state index in [0.29, 0.717) is 31.1 Å². The van der Waals surface area contributed by atoms with Crippen molar-refractivity contribution < 1.29 is 27.8 Å². The molecule has 1 aromatic carbocycles. The summed E-state index contributed by atoms with van der Waals surface area (Å²) in [5, 5.41) is 0. The van der Waals surface area contributed by atoms with E-state index in [2.05, 4.69) is 4.74 Å². The third kappa shape index (κ3) is 4.82. The van der Waals surface area contributed by atoms with Crippen LogP contribution in [0.2, 0.25) is 0 Å². The average Bonchev–Trinajstić information content (AvgIpc) is 2.51. The summed E-state index contributed by atoms with van der Waals surface area (Å²) >= 11 is 0. The lowest BCUT2D eigenvalue weighted by Gasteiger charge is -2.22. The first-order chi connectivity index (χ1) is 11.0. The molecule has 1 aliphatic heterocycles. The highest BCUT2D eigenvalue weighted by molar-refractivity contribution is 6.06. The number of rotatable bonds is 6. The number of carbonyl (C=O) groups excluding carboxylic acids is 2. The maximum atomic E-state index is 13.9. The summed E-state index contributed by atoms with van der Waals surface area (Å²) in [6.07, 6.45) is 1.67. The van der Waals surface area contributed by atoms with Crippen LogP contribution >= 0.6 is 0 Å². The summed E-state index contributed by atoms with van der Waals surface area (Å²) in [4.78, 5) is 23.4. The van der Waals surface area contributed by atoms with E-state index in [1.807, 2.05) is 0 Å². The largest absolute Gasteiger partial charge is 0.466 e. The van der Waals surface area contributed by atoms with Gasteiger partial charge in [-0.3, -0.25) is 9.59 Å². The van der Waals surface area contributed by atoms with Crippen LogP contribution in [0.5, 0.6) is 0 Å². The molecule has 0 unspecified atom stereocenters. The molecule has 0 spiro atoms. The monoisotopic (exact) mass is 326 g/mol. The van der Waals surface area contributed by atoms with Gasteiger partial charge >= 0.3 is 5.97 Å². The first kappa shape index (κ1) is 17.5. The first-order valence-electron chi connectivity index (χ1n) is 7.75. The fraction of sp³-hybridized carbons (Fsp3) is 0.529. The summed E-state index contributed by atoms with van der Waals surface area (Å²) in [6, 6.07) is 2.46. The lowest BCUT2D eigenvalue weighted by molar-refractivity contribution is -0.141. The van der Waals surface area contributed by atoms with Crippen molar-refractivity contribution in [3.63, 3.8) is 0 Å². The van der Waals surface area contributed by atoms with Crippen molar-refractivity contribution >= 4 is 11.8 Å². The van der Waals surface area contributed by atoms with Crippen LogP contribution < -0.4 is 0 Å². The van der Waals surface area contributed by atoms with Gasteiger partial charge in [-0.1, -0.05) is 0 Å². The Morgan fingerprint density at radius 1 is 1.26 bits per heavy atom. The number of halogens is 2. The standard InChI is InChI=1S/C17H20F2O4/c1-2-23-16(21)10-15(20)13-8-12(9-14(18)17(13)19)7-11-3-5-22-6-4-11/h8-9,11H,2-7,10H2,1H3. The van der Waals surface area contributed by atoms with Crippen LogP contribution in [0.15, 0.2) is 12.1 Å². The van der Waals surface area contributed by atoms with Crippen LogP contribution in [0.25, 0.3) is 0 Å². The van der Waals surface area contributed by atoms with Gasteiger partial charge in [0.1, 0.15) is 6.42 Å². The summed E-state index contributed by atoms with van der Waals surface area (Å²) in [5.74, 6) is -3.47. The molecule has 1 aromatic rings. The molecular formula is C17H20F2O4. The highest BCUT2D eigenvalue weighted by Gasteiger charge is 2.22. The minimum absolute atomic E-state index is 0.132. The maximum Gasteiger partial charge on any atom is 0.313 e. The molecule has 0 bridgehead atoms. The Bertz CT molecular complexity index is 580. The highest BCUT2D eigenvalue weighted by atomic mass is 19.2. The Morgan fingerprint density at radius 2 is 1.96 bits per heavy atom. The summed E-state index contributed by atoms with van der Waals surface area (Å²) in [5.41, 5.74) is 0.170. The summed E-state index contributed by atoms with van der Waals surface area (Å²) in [6.45, 7) is 3.05. The van der Waals surface area contributed by atoms with Gasteiger partial charge in [-0.25, -0.2) is 8.78 Å². The Balaban J connectivity index is 2.14. The van der Waals surface area contributed by atoms with Crippen molar-refractivity contribution in [2.45, 2.75) is 32.6 Å².